The maximum atomic E-state index is 12.8. The van der Waals surface area contributed by atoms with Crippen LogP contribution in [0.2, 0.25) is 0 Å². The molecule has 1 saturated heterocycles. The summed E-state index contributed by atoms with van der Waals surface area (Å²) in [7, 11) is -3.53. The molecule has 8 nitrogen and oxygen atoms in total. The van der Waals surface area contributed by atoms with Crippen molar-refractivity contribution in [2.24, 2.45) is 0 Å². The van der Waals surface area contributed by atoms with Crippen LogP contribution < -0.4 is 0 Å². The first-order chi connectivity index (χ1) is 14.1. The van der Waals surface area contributed by atoms with E-state index >= 15 is 0 Å². The summed E-state index contributed by atoms with van der Waals surface area (Å²) in [5.74, 6) is -0.0826. The Morgan fingerprint density at radius 1 is 0.897 bits per heavy atom. The van der Waals surface area contributed by atoms with E-state index < -0.39 is 10.0 Å². The number of hydrogen-bond donors (Lipinski definition) is 0. The molecule has 0 unspecified atom stereocenters. The summed E-state index contributed by atoms with van der Waals surface area (Å²) >= 11 is 0. The van der Waals surface area contributed by atoms with E-state index in [-0.39, 0.29) is 30.4 Å². The third-order valence-electron chi connectivity index (χ3n) is 4.95. The zero-order valence-electron chi connectivity index (χ0n) is 15.8. The molecular formula is C20H21N5O3S. The van der Waals surface area contributed by atoms with Gasteiger partial charge in [0, 0.05) is 50.3 Å². The SMILES string of the molecule is O=C(Cn1nccc1-c1ccncc1)N1CCN(S(=O)(=O)c2ccccc2)CC1. The van der Waals surface area contributed by atoms with Crippen LogP contribution in [0.4, 0.5) is 0 Å². The zero-order chi connectivity index (χ0) is 20.3. The fourth-order valence-corrected chi connectivity index (χ4v) is 4.82. The van der Waals surface area contributed by atoms with Crippen molar-refractivity contribution in [3.05, 3.63) is 67.1 Å². The highest BCUT2D eigenvalue weighted by Crippen LogP contribution is 2.19. The highest BCUT2D eigenvalue weighted by Gasteiger charge is 2.30. The van der Waals surface area contributed by atoms with E-state index in [4.69, 9.17) is 0 Å². The van der Waals surface area contributed by atoms with Crippen molar-refractivity contribution in [1.82, 2.24) is 24.0 Å². The Balaban J connectivity index is 1.40. The van der Waals surface area contributed by atoms with Crippen molar-refractivity contribution in [2.45, 2.75) is 11.4 Å². The maximum absolute atomic E-state index is 12.8. The molecule has 3 heterocycles. The first kappa shape index (κ1) is 19.3. The lowest BCUT2D eigenvalue weighted by molar-refractivity contribution is -0.133. The minimum absolute atomic E-state index is 0.0826. The molecule has 150 valence electrons. The van der Waals surface area contributed by atoms with Gasteiger partial charge in [-0.05, 0) is 30.3 Å². The molecule has 0 atom stereocenters. The van der Waals surface area contributed by atoms with Crippen molar-refractivity contribution < 1.29 is 13.2 Å². The fraction of sp³-hybridized carbons (Fsp3) is 0.250. The van der Waals surface area contributed by atoms with Crippen molar-refractivity contribution in [3.63, 3.8) is 0 Å². The summed E-state index contributed by atoms with van der Waals surface area (Å²) in [6.45, 7) is 1.38. The van der Waals surface area contributed by atoms with Crippen LogP contribution in [-0.2, 0) is 21.4 Å². The largest absolute Gasteiger partial charge is 0.338 e. The van der Waals surface area contributed by atoms with Crippen LogP contribution >= 0.6 is 0 Å². The van der Waals surface area contributed by atoms with Crippen LogP contribution in [-0.4, -0.2) is 64.5 Å². The molecule has 0 bridgehead atoms. The van der Waals surface area contributed by atoms with E-state index in [0.29, 0.717) is 13.1 Å². The van der Waals surface area contributed by atoms with Gasteiger partial charge < -0.3 is 4.90 Å². The minimum Gasteiger partial charge on any atom is -0.338 e. The van der Waals surface area contributed by atoms with Gasteiger partial charge in [0.15, 0.2) is 0 Å². The van der Waals surface area contributed by atoms with E-state index in [9.17, 15) is 13.2 Å². The van der Waals surface area contributed by atoms with Crippen molar-refractivity contribution in [3.8, 4) is 11.3 Å². The Labute approximate surface area is 169 Å². The summed E-state index contributed by atoms with van der Waals surface area (Å²) in [5.41, 5.74) is 1.77. The molecule has 0 saturated carbocycles. The molecule has 0 spiro atoms. The molecule has 0 radical (unpaired) electrons. The minimum atomic E-state index is -3.53. The molecule has 1 fully saturated rings. The highest BCUT2D eigenvalue weighted by molar-refractivity contribution is 7.89. The number of carbonyl (C=O) groups is 1. The second kappa shape index (κ2) is 8.14. The maximum Gasteiger partial charge on any atom is 0.244 e. The number of benzene rings is 1. The van der Waals surface area contributed by atoms with E-state index in [1.165, 1.54) is 4.31 Å². The quantitative estimate of drug-likeness (QED) is 0.635. The van der Waals surface area contributed by atoms with Gasteiger partial charge >= 0.3 is 0 Å². The second-order valence-electron chi connectivity index (χ2n) is 6.71. The normalized spacial score (nSPS) is 15.4. The fourth-order valence-electron chi connectivity index (χ4n) is 3.37. The van der Waals surface area contributed by atoms with Crippen LogP contribution in [0.15, 0.2) is 72.0 Å². The predicted octanol–water partition coefficient (Wildman–Crippen LogP) is 1.48. The standard InChI is InChI=1S/C20H21N5O3S/c26-20(16-25-19(8-11-22-25)17-6-9-21-10-7-17)23-12-14-24(15-13-23)29(27,28)18-4-2-1-3-5-18/h1-11H,12-16H2. The monoisotopic (exact) mass is 411 g/mol. The number of amides is 1. The summed E-state index contributed by atoms with van der Waals surface area (Å²) < 4.78 is 28.5. The van der Waals surface area contributed by atoms with Gasteiger partial charge in [0.1, 0.15) is 6.54 Å². The first-order valence-corrected chi connectivity index (χ1v) is 10.7. The van der Waals surface area contributed by atoms with Gasteiger partial charge in [-0.15, -0.1) is 0 Å². The lowest BCUT2D eigenvalue weighted by Gasteiger charge is -2.34. The molecule has 0 aliphatic carbocycles. The number of sulfonamides is 1. The van der Waals surface area contributed by atoms with Gasteiger partial charge in [-0.25, -0.2) is 8.42 Å². The van der Waals surface area contributed by atoms with Crippen LogP contribution in [0, 0.1) is 0 Å². The third kappa shape index (κ3) is 4.06. The lowest BCUT2D eigenvalue weighted by atomic mass is 10.2. The van der Waals surface area contributed by atoms with Crippen molar-refractivity contribution in [2.75, 3.05) is 26.2 Å². The highest BCUT2D eigenvalue weighted by atomic mass is 32.2. The van der Waals surface area contributed by atoms with Crippen LogP contribution in [0.3, 0.4) is 0 Å². The topological polar surface area (TPSA) is 88.4 Å². The van der Waals surface area contributed by atoms with Gasteiger partial charge in [0.05, 0.1) is 10.6 Å². The molecule has 9 heteroatoms. The number of rotatable bonds is 5. The molecular weight excluding hydrogens is 390 g/mol. The third-order valence-corrected chi connectivity index (χ3v) is 6.86. The molecule has 4 rings (SSSR count). The van der Waals surface area contributed by atoms with Crippen molar-refractivity contribution in [1.29, 1.82) is 0 Å². The average Bonchev–Trinajstić information content (AvgIpc) is 3.23. The van der Waals surface area contributed by atoms with Crippen LogP contribution in [0.25, 0.3) is 11.3 Å². The summed E-state index contributed by atoms with van der Waals surface area (Å²) in [5, 5.41) is 4.26. The number of pyridine rings is 1. The van der Waals surface area contributed by atoms with Gasteiger partial charge in [0.2, 0.25) is 15.9 Å². The second-order valence-corrected chi connectivity index (χ2v) is 8.65. The molecule has 1 amide bonds. The summed E-state index contributed by atoms with van der Waals surface area (Å²) in [4.78, 5) is 18.7. The predicted molar refractivity (Wildman–Crippen MR) is 107 cm³/mol. The Kier molecular flexibility index (Phi) is 5.41. The van der Waals surface area contributed by atoms with E-state index in [0.717, 1.165) is 11.3 Å². The average molecular weight is 411 g/mol. The van der Waals surface area contributed by atoms with E-state index in [1.807, 2.05) is 18.2 Å². The van der Waals surface area contributed by atoms with Crippen LogP contribution in [0.1, 0.15) is 0 Å². The first-order valence-electron chi connectivity index (χ1n) is 9.31. The zero-order valence-corrected chi connectivity index (χ0v) is 16.6. The Morgan fingerprint density at radius 2 is 1.59 bits per heavy atom. The van der Waals surface area contributed by atoms with E-state index in [2.05, 4.69) is 10.1 Å². The smallest absolute Gasteiger partial charge is 0.244 e. The number of piperazine rings is 1. The molecule has 3 aromatic rings. The number of carbonyl (C=O) groups excluding carboxylic acids is 1. The van der Waals surface area contributed by atoms with Crippen molar-refractivity contribution >= 4 is 15.9 Å². The molecule has 29 heavy (non-hydrogen) atoms. The van der Waals surface area contributed by atoms with Crippen LogP contribution in [0.5, 0.6) is 0 Å². The van der Waals surface area contributed by atoms with Gasteiger partial charge in [-0.2, -0.15) is 9.40 Å². The Hall–Kier alpha value is -3.04. The van der Waals surface area contributed by atoms with Gasteiger partial charge in [-0.3, -0.25) is 14.5 Å². The molecule has 1 aliphatic heterocycles. The van der Waals surface area contributed by atoms with Gasteiger partial charge in [0.25, 0.3) is 0 Å². The number of nitrogens with zero attached hydrogens (tertiary/aromatic N) is 5. The molecule has 1 aliphatic rings. The molecule has 1 aromatic carbocycles. The Morgan fingerprint density at radius 3 is 2.28 bits per heavy atom. The van der Waals surface area contributed by atoms with E-state index in [1.54, 1.807) is 58.5 Å². The summed E-state index contributed by atoms with van der Waals surface area (Å²) in [6, 6.07) is 14.0. The lowest BCUT2D eigenvalue weighted by Crippen LogP contribution is -2.51. The number of aromatic nitrogens is 3. The molecule has 0 N–H and O–H groups in total. The number of hydrogen-bond acceptors (Lipinski definition) is 5. The summed E-state index contributed by atoms with van der Waals surface area (Å²) in [6.07, 6.45) is 5.05. The molecule has 2 aromatic heterocycles. The Bertz CT molecular complexity index is 1080. The van der Waals surface area contributed by atoms with Gasteiger partial charge in [-0.1, -0.05) is 18.2 Å².